The number of ether oxygens (including phenoxy) is 1. The Bertz CT molecular complexity index is 462. The van der Waals surface area contributed by atoms with Crippen LogP contribution in [0.15, 0.2) is 40.9 Å². The van der Waals surface area contributed by atoms with Gasteiger partial charge in [0.2, 0.25) is 0 Å². The summed E-state index contributed by atoms with van der Waals surface area (Å²) in [5.74, 6) is 0. The lowest BCUT2D eigenvalue weighted by Crippen LogP contribution is -2.04. The van der Waals surface area contributed by atoms with Crippen LogP contribution in [0, 0.1) is 0 Å². The smallest absolute Gasteiger partial charge is 0.189 e. The first kappa shape index (κ1) is 11.7. The second kappa shape index (κ2) is 5.02. The average Bonchev–Trinajstić information content (AvgIpc) is 2.61. The molecule has 1 heterocycles. The van der Waals surface area contributed by atoms with Gasteiger partial charge >= 0.3 is 0 Å². The fourth-order valence-electron chi connectivity index (χ4n) is 1.39. The molecule has 3 heteroatoms. The van der Waals surface area contributed by atoms with Crippen LogP contribution in [0.25, 0.3) is 10.4 Å². The highest BCUT2D eigenvalue weighted by molar-refractivity contribution is 9.10. The van der Waals surface area contributed by atoms with Crippen molar-refractivity contribution < 1.29 is 4.74 Å². The van der Waals surface area contributed by atoms with Gasteiger partial charge in [-0.25, -0.2) is 0 Å². The van der Waals surface area contributed by atoms with Crippen molar-refractivity contribution in [2.24, 2.45) is 0 Å². The van der Waals surface area contributed by atoms with Crippen LogP contribution in [-0.2, 0) is 0 Å². The third-order valence-corrected chi connectivity index (χ3v) is 3.98. The Hall–Kier alpha value is -0.800. The van der Waals surface area contributed by atoms with Gasteiger partial charge in [-0.3, -0.25) is 0 Å². The molecule has 1 aromatic heterocycles. The van der Waals surface area contributed by atoms with Crippen molar-refractivity contribution in [1.82, 2.24) is 0 Å². The van der Waals surface area contributed by atoms with Crippen molar-refractivity contribution in [3.63, 3.8) is 0 Å². The highest BCUT2D eigenvalue weighted by atomic mass is 79.9. The first-order valence-corrected chi connectivity index (χ1v) is 6.79. The van der Waals surface area contributed by atoms with E-state index < -0.39 is 0 Å². The molecule has 0 aliphatic rings. The minimum absolute atomic E-state index is 0.207. The van der Waals surface area contributed by atoms with Gasteiger partial charge in [-0.1, -0.05) is 41.7 Å². The van der Waals surface area contributed by atoms with Crippen LogP contribution in [0.1, 0.15) is 13.8 Å². The molecule has 0 saturated heterocycles. The van der Waals surface area contributed by atoms with Gasteiger partial charge in [-0.05, 0) is 41.4 Å². The molecular formula is C13H13BrOS. The van der Waals surface area contributed by atoms with Gasteiger partial charge in [0.05, 0.1) is 10.6 Å². The van der Waals surface area contributed by atoms with Crippen LogP contribution in [0.5, 0.6) is 5.06 Å². The molecule has 0 bridgehead atoms. The van der Waals surface area contributed by atoms with E-state index >= 15 is 0 Å². The van der Waals surface area contributed by atoms with Crippen LogP contribution < -0.4 is 4.74 Å². The average molecular weight is 297 g/mol. The Kier molecular flexibility index (Phi) is 3.66. The molecule has 0 radical (unpaired) electrons. The summed E-state index contributed by atoms with van der Waals surface area (Å²) in [5, 5.41) is 0.953. The van der Waals surface area contributed by atoms with E-state index in [1.807, 2.05) is 32.0 Å². The summed E-state index contributed by atoms with van der Waals surface area (Å²) in [7, 11) is 0. The minimum Gasteiger partial charge on any atom is -0.480 e. The summed E-state index contributed by atoms with van der Waals surface area (Å²) in [6.45, 7) is 4.07. The van der Waals surface area contributed by atoms with Crippen molar-refractivity contribution in [2.75, 3.05) is 0 Å². The third-order valence-electron chi connectivity index (χ3n) is 2.06. The van der Waals surface area contributed by atoms with Crippen molar-refractivity contribution in [2.45, 2.75) is 20.0 Å². The summed E-state index contributed by atoms with van der Waals surface area (Å²) >= 11 is 5.20. The Morgan fingerprint density at radius 2 is 1.88 bits per heavy atom. The van der Waals surface area contributed by atoms with E-state index in [9.17, 15) is 0 Å². The SMILES string of the molecule is CC(C)Oc1sc(-c2ccccc2)cc1Br. The van der Waals surface area contributed by atoms with Crippen molar-refractivity contribution in [3.05, 3.63) is 40.9 Å². The maximum absolute atomic E-state index is 5.72. The molecule has 0 spiro atoms. The second-order valence-electron chi connectivity index (χ2n) is 3.78. The van der Waals surface area contributed by atoms with Gasteiger partial charge in [0, 0.05) is 4.88 Å². The van der Waals surface area contributed by atoms with Crippen LogP contribution in [-0.4, -0.2) is 6.10 Å². The minimum atomic E-state index is 0.207. The zero-order valence-corrected chi connectivity index (χ0v) is 11.6. The molecular weight excluding hydrogens is 284 g/mol. The summed E-state index contributed by atoms with van der Waals surface area (Å²) < 4.78 is 6.75. The number of benzene rings is 1. The Labute approximate surface area is 108 Å². The molecule has 0 N–H and O–H groups in total. The van der Waals surface area contributed by atoms with Crippen LogP contribution in [0.2, 0.25) is 0 Å². The van der Waals surface area contributed by atoms with Crippen LogP contribution >= 0.6 is 27.3 Å². The zero-order chi connectivity index (χ0) is 11.5. The lowest BCUT2D eigenvalue weighted by atomic mass is 10.2. The summed E-state index contributed by atoms with van der Waals surface area (Å²) in [5.41, 5.74) is 1.23. The van der Waals surface area contributed by atoms with Crippen LogP contribution in [0.3, 0.4) is 0 Å². The third kappa shape index (κ3) is 2.66. The van der Waals surface area contributed by atoms with Gasteiger partial charge in [0.1, 0.15) is 0 Å². The largest absolute Gasteiger partial charge is 0.480 e. The van der Waals surface area contributed by atoms with E-state index in [0.29, 0.717) is 0 Å². The summed E-state index contributed by atoms with van der Waals surface area (Å²) in [6.07, 6.45) is 0.207. The normalized spacial score (nSPS) is 10.8. The Morgan fingerprint density at radius 3 is 2.50 bits per heavy atom. The molecule has 2 aromatic rings. The van der Waals surface area contributed by atoms with Gasteiger partial charge in [0.25, 0.3) is 0 Å². The Balaban J connectivity index is 2.31. The highest BCUT2D eigenvalue weighted by Gasteiger charge is 2.10. The molecule has 0 aliphatic heterocycles. The molecule has 0 amide bonds. The summed E-state index contributed by atoms with van der Waals surface area (Å²) in [4.78, 5) is 1.23. The molecule has 0 fully saturated rings. The molecule has 16 heavy (non-hydrogen) atoms. The quantitative estimate of drug-likeness (QED) is 0.777. The molecule has 2 rings (SSSR count). The van der Waals surface area contributed by atoms with Gasteiger partial charge in [-0.15, -0.1) is 0 Å². The van der Waals surface area contributed by atoms with E-state index in [2.05, 4.69) is 34.1 Å². The maximum Gasteiger partial charge on any atom is 0.189 e. The van der Waals surface area contributed by atoms with Gasteiger partial charge < -0.3 is 4.74 Å². The predicted octanol–water partition coefficient (Wildman–Crippen LogP) is 4.96. The Morgan fingerprint density at radius 1 is 1.19 bits per heavy atom. The molecule has 0 unspecified atom stereocenters. The number of hydrogen-bond donors (Lipinski definition) is 0. The first-order valence-electron chi connectivity index (χ1n) is 5.18. The number of thiophene rings is 1. The van der Waals surface area contributed by atoms with Gasteiger partial charge in [0.15, 0.2) is 5.06 Å². The lowest BCUT2D eigenvalue weighted by molar-refractivity contribution is 0.248. The fourth-order valence-corrected chi connectivity index (χ4v) is 3.14. The second-order valence-corrected chi connectivity index (χ2v) is 5.65. The van der Waals surface area contributed by atoms with E-state index in [1.165, 1.54) is 10.4 Å². The number of rotatable bonds is 3. The predicted molar refractivity (Wildman–Crippen MR) is 73.2 cm³/mol. The van der Waals surface area contributed by atoms with Crippen molar-refractivity contribution >= 4 is 27.3 Å². The zero-order valence-electron chi connectivity index (χ0n) is 9.24. The number of hydrogen-bond acceptors (Lipinski definition) is 2. The molecule has 84 valence electrons. The topological polar surface area (TPSA) is 9.23 Å². The monoisotopic (exact) mass is 296 g/mol. The molecule has 0 aliphatic carbocycles. The number of halogens is 1. The van der Waals surface area contributed by atoms with E-state index in [-0.39, 0.29) is 6.10 Å². The van der Waals surface area contributed by atoms with E-state index in [1.54, 1.807) is 11.3 Å². The van der Waals surface area contributed by atoms with Crippen molar-refractivity contribution in [1.29, 1.82) is 0 Å². The van der Waals surface area contributed by atoms with Gasteiger partial charge in [-0.2, -0.15) is 0 Å². The molecule has 1 nitrogen and oxygen atoms in total. The maximum atomic E-state index is 5.72. The molecule has 1 aromatic carbocycles. The fraction of sp³-hybridized carbons (Fsp3) is 0.231. The van der Waals surface area contributed by atoms with Crippen LogP contribution in [0.4, 0.5) is 0 Å². The molecule has 0 saturated carbocycles. The van der Waals surface area contributed by atoms with E-state index in [0.717, 1.165) is 9.54 Å². The first-order chi connectivity index (χ1) is 7.66. The van der Waals surface area contributed by atoms with Crippen molar-refractivity contribution in [3.8, 4) is 15.5 Å². The standard InChI is InChI=1S/C13H13BrOS/c1-9(2)15-13-11(14)8-12(16-13)10-6-4-3-5-7-10/h3-9H,1-2H3. The van der Waals surface area contributed by atoms with E-state index in [4.69, 9.17) is 4.74 Å². The lowest BCUT2D eigenvalue weighted by Gasteiger charge is -2.06. The summed E-state index contributed by atoms with van der Waals surface area (Å²) in [6, 6.07) is 12.4. The highest BCUT2D eigenvalue weighted by Crippen LogP contribution is 2.40. The molecule has 0 atom stereocenters.